The van der Waals surface area contributed by atoms with Crippen molar-refractivity contribution in [3.05, 3.63) is 55.7 Å². The predicted molar refractivity (Wildman–Crippen MR) is 145 cm³/mol. The minimum Gasteiger partial charge on any atom is -0.505 e. The van der Waals surface area contributed by atoms with Crippen LogP contribution in [0.3, 0.4) is 0 Å². The molecule has 4 aromatic rings. The Hall–Kier alpha value is -0.520. The van der Waals surface area contributed by atoms with Gasteiger partial charge in [0.1, 0.15) is 0 Å². The number of aromatic carboxylic acids is 1. The van der Waals surface area contributed by atoms with Crippen LogP contribution in [0.4, 0.5) is 0 Å². The molecule has 0 saturated carbocycles. The van der Waals surface area contributed by atoms with Crippen molar-refractivity contribution in [3.8, 4) is 22.6 Å². The van der Waals surface area contributed by atoms with Crippen LogP contribution in [0.5, 0.6) is 11.5 Å². The highest BCUT2D eigenvalue weighted by molar-refractivity contribution is 9.11. The molecule has 0 spiro atoms. The second-order valence-electron chi connectivity index (χ2n) is 6.58. The van der Waals surface area contributed by atoms with E-state index in [0.29, 0.717) is 10.8 Å². The summed E-state index contributed by atoms with van der Waals surface area (Å²) >= 11 is 38.5. The molecule has 0 bridgehead atoms. The Morgan fingerprint density at radius 1 is 0.727 bits per heavy atom. The Kier molecular flexibility index (Phi) is 7.10. The van der Waals surface area contributed by atoms with Gasteiger partial charge in [-0.1, -0.05) is 46.4 Å². The lowest BCUT2D eigenvalue weighted by Gasteiger charge is -2.16. The SMILES string of the molecule is O=C(O)c1c(Cl)c(Cl)c(Cl)c(Cl)c1-c1c2cc(Br)c(O)c(Br)c2[o+]c2c(Br)c(O)c(Br)cc12. The molecule has 1 heterocycles. The van der Waals surface area contributed by atoms with Crippen LogP contribution in [0.25, 0.3) is 33.1 Å². The van der Waals surface area contributed by atoms with Crippen LogP contribution in [0.15, 0.2) is 34.4 Å². The fourth-order valence-electron chi connectivity index (χ4n) is 3.34. The molecule has 4 rings (SSSR count). The third kappa shape index (κ3) is 3.93. The van der Waals surface area contributed by atoms with Gasteiger partial charge in [0.05, 0.1) is 45.4 Å². The van der Waals surface area contributed by atoms with E-state index >= 15 is 0 Å². The second-order valence-corrected chi connectivity index (χ2v) is 11.4. The molecule has 33 heavy (non-hydrogen) atoms. The number of fused-ring (bicyclic) bond motifs is 2. The number of hydrogen-bond acceptors (Lipinski definition) is 3. The van der Waals surface area contributed by atoms with E-state index in [-0.39, 0.29) is 77.3 Å². The highest BCUT2D eigenvalue weighted by Crippen LogP contribution is 2.53. The van der Waals surface area contributed by atoms with Crippen molar-refractivity contribution in [1.82, 2.24) is 0 Å². The van der Waals surface area contributed by atoms with E-state index in [1.165, 1.54) is 12.1 Å². The first-order valence-corrected chi connectivity index (χ1v) is 13.1. The monoisotopic (exact) mass is 781 g/mol. The van der Waals surface area contributed by atoms with Crippen LogP contribution < -0.4 is 0 Å². The van der Waals surface area contributed by atoms with Crippen LogP contribution in [-0.4, -0.2) is 21.3 Å². The second kappa shape index (κ2) is 9.17. The number of benzene rings is 3. The van der Waals surface area contributed by atoms with Gasteiger partial charge in [0.25, 0.3) is 0 Å². The molecule has 0 fully saturated rings. The van der Waals surface area contributed by atoms with Crippen molar-refractivity contribution >= 4 is 138 Å². The Morgan fingerprint density at radius 3 is 1.58 bits per heavy atom. The van der Waals surface area contributed by atoms with Crippen molar-refractivity contribution in [3.63, 3.8) is 0 Å². The molecule has 13 heteroatoms. The number of hydrogen-bond donors (Lipinski definition) is 3. The summed E-state index contributed by atoms with van der Waals surface area (Å²) in [6.07, 6.45) is 0. The van der Waals surface area contributed by atoms with Crippen molar-refractivity contribution in [2.75, 3.05) is 0 Å². The third-order valence-corrected chi connectivity index (χ3v) is 9.25. The Labute approximate surface area is 238 Å². The molecule has 0 radical (unpaired) electrons. The van der Waals surface area contributed by atoms with Crippen LogP contribution in [0.1, 0.15) is 10.4 Å². The fourth-order valence-corrected chi connectivity index (χ4v) is 6.77. The van der Waals surface area contributed by atoms with E-state index in [0.717, 1.165) is 0 Å². The number of halogens is 8. The summed E-state index contributed by atoms with van der Waals surface area (Å²) in [7, 11) is 0. The average molecular weight is 787 g/mol. The van der Waals surface area contributed by atoms with E-state index in [4.69, 9.17) is 50.8 Å². The number of rotatable bonds is 2. The topological polar surface area (TPSA) is 89.1 Å². The maximum absolute atomic E-state index is 12.3. The van der Waals surface area contributed by atoms with Crippen LogP contribution in [0, 0.1) is 0 Å². The zero-order chi connectivity index (χ0) is 24.5. The molecule has 0 atom stereocenters. The number of aromatic hydroxyl groups is 2. The molecule has 0 aliphatic heterocycles. The molecule has 5 nitrogen and oxygen atoms in total. The van der Waals surface area contributed by atoms with Gasteiger partial charge in [-0.15, -0.1) is 0 Å². The van der Waals surface area contributed by atoms with E-state index < -0.39 is 5.97 Å². The maximum Gasteiger partial charge on any atom is 0.379 e. The van der Waals surface area contributed by atoms with Gasteiger partial charge in [-0.3, -0.25) is 0 Å². The summed E-state index contributed by atoms with van der Waals surface area (Å²) in [5.41, 5.74) is 0.121. The first-order valence-electron chi connectivity index (χ1n) is 8.45. The highest BCUT2D eigenvalue weighted by atomic mass is 79.9. The summed E-state index contributed by atoms with van der Waals surface area (Å²) in [6, 6.07) is 3.06. The first-order chi connectivity index (χ1) is 15.4. The van der Waals surface area contributed by atoms with E-state index in [1.807, 2.05) is 0 Å². The molecule has 3 N–H and O–H groups in total. The lowest BCUT2D eigenvalue weighted by Crippen LogP contribution is -2.04. The van der Waals surface area contributed by atoms with E-state index in [9.17, 15) is 20.1 Å². The Morgan fingerprint density at radius 2 is 1.15 bits per heavy atom. The first kappa shape index (κ1) is 25.6. The smallest absolute Gasteiger partial charge is 0.379 e. The molecule has 0 unspecified atom stereocenters. The summed E-state index contributed by atoms with van der Waals surface area (Å²) in [5.74, 6) is -1.72. The summed E-state index contributed by atoms with van der Waals surface area (Å²) in [5, 5.41) is 30.8. The minimum absolute atomic E-state index is 0.0247. The lowest BCUT2D eigenvalue weighted by atomic mass is 9.93. The molecule has 170 valence electrons. The zero-order valence-electron chi connectivity index (χ0n) is 15.3. The number of phenols is 2. The van der Waals surface area contributed by atoms with Crippen molar-refractivity contribution in [1.29, 1.82) is 0 Å². The fraction of sp³-hybridized carbons (Fsp3) is 0. The quantitative estimate of drug-likeness (QED) is 0.0815. The molecule has 0 aliphatic carbocycles. The van der Waals surface area contributed by atoms with Crippen LogP contribution in [0.2, 0.25) is 20.1 Å². The van der Waals surface area contributed by atoms with Crippen molar-refractivity contribution in [2.24, 2.45) is 0 Å². The molecule has 1 aromatic heterocycles. The maximum atomic E-state index is 12.3. The van der Waals surface area contributed by atoms with Crippen LogP contribution in [-0.2, 0) is 0 Å². The largest absolute Gasteiger partial charge is 0.505 e. The summed E-state index contributed by atoms with van der Waals surface area (Å²) < 4.78 is 6.94. The molecule has 0 aliphatic rings. The van der Waals surface area contributed by atoms with Gasteiger partial charge in [0.15, 0.2) is 20.4 Å². The van der Waals surface area contributed by atoms with Gasteiger partial charge in [-0.2, -0.15) is 0 Å². The Bertz CT molecular complexity index is 1490. The van der Waals surface area contributed by atoms with E-state index in [1.54, 1.807) is 0 Å². The van der Waals surface area contributed by atoms with Gasteiger partial charge >= 0.3 is 17.1 Å². The number of carboxylic acid groups (broad SMARTS) is 1. The van der Waals surface area contributed by atoms with Gasteiger partial charge in [-0.25, -0.2) is 9.21 Å². The average Bonchev–Trinajstić information content (AvgIpc) is 2.76. The van der Waals surface area contributed by atoms with Crippen LogP contribution >= 0.6 is 110 Å². The Balaban J connectivity index is 2.44. The van der Waals surface area contributed by atoms with Gasteiger partial charge in [0.2, 0.25) is 0 Å². The summed E-state index contributed by atoms with van der Waals surface area (Å²) in [4.78, 5) is 12.3. The van der Waals surface area contributed by atoms with Crippen molar-refractivity contribution < 1.29 is 24.5 Å². The number of phenolic OH excluding ortho intramolecular Hbond substituents is 2. The predicted octanol–water partition coefficient (Wildman–Crippen LogP) is 10.3. The molecule has 0 amide bonds. The number of carbonyl (C=O) groups is 1. The minimum atomic E-state index is -1.40. The van der Waals surface area contributed by atoms with E-state index in [2.05, 4.69) is 63.7 Å². The lowest BCUT2D eigenvalue weighted by molar-refractivity contribution is 0.0698. The summed E-state index contributed by atoms with van der Waals surface area (Å²) in [6.45, 7) is 0. The normalized spacial score (nSPS) is 11.5. The molecular formula is C20H5Br4Cl4O5+. The van der Waals surface area contributed by atoms with Gasteiger partial charge < -0.3 is 15.3 Å². The third-order valence-electron chi connectivity index (χ3n) is 4.77. The molecular weight excluding hydrogens is 782 g/mol. The van der Waals surface area contributed by atoms with Gasteiger partial charge in [-0.05, 0) is 75.9 Å². The number of carboxylic acids is 1. The van der Waals surface area contributed by atoms with Crippen molar-refractivity contribution in [2.45, 2.75) is 0 Å². The highest BCUT2D eigenvalue weighted by Gasteiger charge is 2.34. The van der Waals surface area contributed by atoms with Gasteiger partial charge in [0, 0.05) is 11.1 Å². The zero-order valence-corrected chi connectivity index (χ0v) is 24.7. The standard InChI is InChI=1S/C20H4Br4Cl4O5/c21-5-1-3-7(8-9(20(31)32)13(26)15(28)14(27)12(8)25)4-2-6(22)17(30)11(24)19(4)33-18(3)10(23)16(5)29/h1-2H,(H2-,29,30,31,32)/p+1. The molecule has 0 saturated heterocycles. The molecule has 3 aromatic carbocycles.